The molecule has 0 saturated carbocycles. The molecule has 0 aliphatic carbocycles. The van der Waals surface area contributed by atoms with E-state index in [1.807, 2.05) is 6.07 Å². The molecule has 0 bridgehead atoms. The monoisotopic (exact) mass is 383 g/mol. The second-order valence-corrected chi connectivity index (χ2v) is 7.36. The lowest BCUT2D eigenvalue weighted by Gasteiger charge is -2.26. The number of benzene rings is 1. The average molecular weight is 383 g/mol. The summed E-state index contributed by atoms with van der Waals surface area (Å²) in [4.78, 5) is 38.3. The predicted octanol–water partition coefficient (Wildman–Crippen LogP) is 1.08. The van der Waals surface area contributed by atoms with Gasteiger partial charge >= 0.3 is 11.8 Å². The van der Waals surface area contributed by atoms with Crippen molar-refractivity contribution in [3.05, 3.63) is 47.4 Å². The summed E-state index contributed by atoms with van der Waals surface area (Å²) in [6, 6.07) is 6.78. The van der Waals surface area contributed by atoms with Gasteiger partial charge < -0.3 is 25.1 Å². The first kappa shape index (κ1) is 18.2. The van der Waals surface area contributed by atoms with Crippen molar-refractivity contribution >= 4 is 29.1 Å². The molecule has 2 aliphatic rings. The van der Waals surface area contributed by atoms with E-state index in [2.05, 4.69) is 10.6 Å². The van der Waals surface area contributed by atoms with Crippen LogP contribution in [0.25, 0.3) is 0 Å². The van der Waals surface area contributed by atoms with Crippen LogP contribution < -0.4 is 15.5 Å². The lowest BCUT2D eigenvalue weighted by atomic mass is 9.99. The Hall–Kier alpha value is -3.13. The number of aliphatic hydroxyl groups is 1. The first-order chi connectivity index (χ1) is 13.3. The van der Waals surface area contributed by atoms with E-state index in [0.717, 1.165) is 36.2 Å². The molecule has 2 aromatic rings. The third-order valence-corrected chi connectivity index (χ3v) is 5.12. The van der Waals surface area contributed by atoms with E-state index < -0.39 is 17.4 Å². The number of rotatable bonds is 4. The van der Waals surface area contributed by atoms with E-state index >= 15 is 0 Å². The summed E-state index contributed by atoms with van der Waals surface area (Å²) in [5, 5.41) is 15.3. The zero-order valence-electron chi connectivity index (χ0n) is 15.4. The van der Waals surface area contributed by atoms with Crippen molar-refractivity contribution in [1.82, 2.24) is 5.32 Å². The molecular formula is C20H21N3O5. The molecule has 8 heteroatoms. The van der Waals surface area contributed by atoms with Gasteiger partial charge in [0.2, 0.25) is 5.91 Å². The van der Waals surface area contributed by atoms with Crippen LogP contribution in [0, 0.1) is 0 Å². The van der Waals surface area contributed by atoms with Crippen molar-refractivity contribution in [2.24, 2.45) is 0 Å². The van der Waals surface area contributed by atoms with Crippen molar-refractivity contribution in [2.75, 3.05) is 23.3 Å². The SMILES string of the molecule is CC(O)(CNC(=O)C(=O)Nc1cc2c3c(c1)CC(=O)N3CCC2)c1ccco1. The first-order valence-corrected chi connectivity index (χ1v) is 9.17. The highest BCUT2D eigenvalue weighted by molar-refractivity contribution is 6.39. The smallest absolute Gasteiger partial charge is 0.313 e. The van der Waals surface area contributed by atoms with Crippen LogP contribution in [0.2, 0.25) is 0 Å². The lowest BCUT2D eigenvalue weighted by molar-refractivity contribution is -0.136. The molecular weight excluding hydrogens is 362 g/mol. The van der Waals surface area contributed by atoms with Crippen LogP contribution in [0.4, 0.5) is 11.4 Å². The number of carbonyl (C=O) groups excluding carboxylic acids is 3. The van der Waals surface area contributed by atoms with Crippen molar-refractivity contribution in [2.45, 2.75) is 31.8 Å². The summed E-state index contributed by atoms with van der Waals surface area (Å²) in [7, 11) is 0. The van der Waals surface area contributed by atoms with Gasteiger partial charge in [-0.05, 0) is 55.2 Å². The fourth-order valence-corrected chi connectivity index (χ4v) is 3.74. The Morgan fingerprint density at radius 2 is 2.07 bits per heavy atom. The summed E-state index contributed by atoms with van der Waals surface area (Å²) in [6.07, 6.45) is 3.43. The van der Waals surface area contributed by atoms with Gasteiger partial charge in [0, 0.05) is 12.2 Å². The summed E-state index contributed by atoms with van der Waals surface area (Å²) in [5.74, 6) is -1.34. The molecule has 8 nitrogen and oxygen atoms in total. The zero-order chi connectivity index (χ0) is 19.9. The standard InChI is InChI=1S/C20H21N3O5/c1-20(27,15-5-3-7-28-15)11-21-18(25)19(26)22-14-8-12-4-2-6-23-16(24)10-13(9-14)17(12)23/h3,5,7-9,27H,2,4,6,10-11H2,1H3,(H,21,25)(H,22,26). The molecule has 3 N–H and O–H groups in total. The molecule has 0 radical (unpaired) electrons. The van der Waals surface area contributed by atoms with Gasteiger partial charge in [-0.2, -0.15) is 0 Å². The number of hydrogen-bond acceptors (Lipinski definition) is 5. The minimum absolute atomic E-state index is 0.0670. The topological polar surface area (TPSA) is 112 Å². The number of carbonyl (C=O) groups is 3. The van der Waals surface area contributed by atoms with Gasteiger partial charge in [-0.3, -0.25) is 14.4 Å². The molecule has 146 valence electrons. The fourth-order valence-electron chi connectivity index (χ4n) is 3.74. The Bertz CT molecular complexity index is 949. The Kier molecular flexibility index (Phi) is 4.43. The van der Waals surface area contributed by atoms with Crippen LogP contribution in [0.15, 0.2) is 34.9 Å². The third kappa shape index (κ3) is 3.27. The van der Waals surface area contributed by atoms with Crippen molar-refractivity contribution in [3.8, 4) is 0 Å². The summed E-state index contributed by atoms with van der Waals surface area (Å²) < 4.78 is 5.14. The van der Waals surface area contributed by atoms with Gasteiger partial charge in [-0.1, -0.05) is 0 Å². The number of amides is 3. The molecule has 3 heterocycles. The van der Waals surface area contributed by atoms with Gasteiger partial charge in [0.15, 0.2) is 0 Å². The minimum atomic E-state index is -1.43. The lowest BCUT2D eigenvalue weighted by Crippen LogP contribution is -2.43. The minimum Gasteiger partial charge on any atom is -0.466 e. The summed E-state index contributed by atoms with van der Waals surface area (Å²) in [5.41, 5.74) is 1.89. The number of nitrogens with zero attached hydrogens (tertiary/aromatic N) is 1. The van der Waals surface area contributed by atoms with Gasteiger partial charge in [-0.25, -0.2) is 0 Å². The Morgan fingerprint density at radius 1 is 1.29 bits per heavy atom. The second kappa shape index (κ2) is 6.79. The van der Waals surface area contributed by atoms with Gasteiger partial charge in [-0.15, -0.1) is 0 Å². The predicted molar refractivity (Wildman–Crippen MR) is 101 cm³/mol. The molecule has 0 saturated heterocycles. The molecule has 1 atom stereocenters. The maximum absolute atomic E-state index is 12.3. The molecule has 28 heavy (non-hydrogen) atoms. The van der Waals surface area contributed by atoms with Crippen molar-refractivity contribution in [3.63, 3.8) is 0 Å². The second-order valence-electron chi connectivity index (χ2n) is 7.36. The van der Waals surface area contributed by atoms with E-state index in [1.165, 1.54) is 13.2 Å². The number of nitrogens with one attached hydrogen (secondary N) is 2. The highest BCUT2D eigenvalue weighted by Gasteiger charge is 2.33. The maximum Gasteiger partial charge on any atom is 0.313 e. The van der Waals surface area contributed by atoms with E-state index in [4.69, 9.17) is 4.42 Å². The number of hydrogen-bond donors (Lipinski definition) is 3. The Labute approximate surface area is 161 Å². The van der Waals surface area contributed by atoms with E-state index in [9.17, 15) is 19.5 Å². The van der Waals surface area contributed by atoms with Crippen LogP contribution in [0.5, 0.6) is 0 Å². The van der Waals surface area contributed by atoms with Crippen molar-refractivity contribution in [1.29, 1.82) is 0 Å². The molecule has 0 fully saturated rings. The maximum atomic E-state index is 12.3. The van der Waals surface area contributed by atoms with Crippen LogP contribution >= 0.6 is 0 Å². The molecule has 1 aromatic heterocycles. The Balaban J connectivity index is 1.42. The van der Waals surface area contributed by atoms with E-state index in [0.29, 0.717) is 17.9 Å². The molecule has 1 unspecified atom stereocenters. The first-order valence-electron chi connectivity index (χ1n) is 9.17. The Morgan fingerprint density at radius 3 is 2.82 bits per heavy atom. The van der Waals surface area contributed by atoms with Crippen LogP contribution in [0.3, 0.4) is 0 Å². The molecule has 3 amide bonds. The molecule has 2 aliphatic heterocycles. The highest BCUT2D eigenvalue weighted by Crippen LogP contribution is 2.38. The van der Waals surface area contributed by atoms with Crippen molar-refractivity contribution < 1.29 is 23.9 Å². The van der Waals surface area contributed by atoms with Gasteiger partial charge in [0.1, 0.15) is 11.4 Å². The van der Waals surface area contributed by atoms with E-state index in [1.54, 1.807) is 23.1 Å². The van der Waals surface area contributed by atoms with Gasteiger partial charge in [0.25, 0.3) is 0 Å². The van der Waals surface area contributed by atoms with Gasteiger partial charge in [0.05, 0.1) is 24.9 Å². The van der Waals surface area contributed by atoms with E-state index in [-0.39, 0.29) is 12.5 Å². The average Bonchev–Trinajstić information content (AvgIpc) is 3.30. The highest BCUT2D eigenvalue weighted by atomic mass is 16.4. The van der Waals surface area contributed by atoms with Crippen LogP contribution in [-0.4, -0.2) is 35.9 Å². The quantitative estimate of drug-likeness (QED) is 0.684. The van der Waals surface area contributed by atoms with Crippen LogP contribution in [-0.2, 0) is 32.8 Å². The normalized spacial score (nSPS) is 17.1. The molecule has 0 spiro atoms. The molecule has 1 aromatic carbocycles. The summed E-state index contributed by atoms with van der Waals surface area (Å²) in [6.45, 7) is 2.03. The molecule has 4 rings (SSSR count). The summed E-state index contributed by atoms with van der Waals surface area (Å²) >= 11 is 0. The number of aryl methyl sites for hydroxylation is 1. The number of anilines is 2. The fraction of sp³-hybridized carbons (Fsp3) is 0.350. The zero-order valence-corrected chi connectivity index (χ0v) is 15.4. The largest absolute Gasteiger partial charge is 0.466 e. The number of furan rings is 1. The van der Waals surface area contributed by atoms with Crippen LogP contribution in [0.1, 0.15) is 30.2 Å². The third-order valence-electron chi connectivity index (χ3n) is 5.12.